The Kier molecular flexibility index (Phi) is 6.98. The van der Waals surface area contributed by atoms with Crippen molar-refractivity contribution in [2.24, 2.45) is 5.73 Å². The molecule has 1 atom stereocenters. The standard InChI is InChI=1S/C13H19ClN2O3S/c1-18-11-6-8(14)10(7-12(11)19-2)16-13(17)9(15)4-5-20-3/h6-7,9H,4-5,15H2,1-3H3,(H,16,17)/t9-/m1/s1. The Morgan fingerprint density at radius 2 is 2.00 bits per heavy atom. The Morgan fingerprint density at radius 1 is 1.40 bits per heavy atom. The van der Waals surface area contributed by atoms with Gasteiger partial charge in [0, 0.05) is 12.1 Å². The topological polar surface area (TPSA) is 73.6 Å². The minimum absolute atomic E-state index is 0.270. The molecule has 0 heterocycles. The molecule has 0 spiro atoms. The number of thioether (sulfide) groups is 1. The van der Waals surface area contributed by atoms with Crippen molar-refractivity contribution in [3.8, 4) is 11.5 Å². The highest BCUT2D eigenvalue weighted by Crippen LogP contribution is 2.36. The summed E-state index contributed by atoms with van der Waals surface area (Å²) in [5.74, 6) is 1.55. The molecular formula is C13H19ClN2O3S. The number of hydrogen-bond acceptors (Lipinski definition) is 5. The second kappa shape index (κ2) is 8.24. The molecule has 0 fully saturated rings. The highest BCUT2D eigenvalue weighted by atomic mass is 35.5. The van der Waals surface area contributed by atoms with E-state index >= 15 is 0 Å². The summed E-state index contributed by atoms with van der Waals surface area (Å²) in [6, 6.07) is 2.63. The van der Waals surface area contributed by atoms with Crippen LogP contribution < -0.4 is 20.5 Å². The van der Waals surface area contributed by atoms with Gasteiger partial charge in [-0.1, -0.05) is 11.6 Å². The molecule has 0 bridgehead atoms. The normalized spacial score (nSPS) is 11.8. The van der Waals surface area contributed by atoms with Crippen LogP contribution >= 0.6 is 23.4 Å². The Morgan fingerprint density at radius 3 is 2.55 bits per heavy atom. The van der Waals surface area contributed by atoms with Crippen LogP contribution in [0.4, 0.5) is 5.69 Å². The number of ether oxygens (including phenoxy) is 2. The van der Waals surface area contributed by atoms with Crippen LogP contribution in [0.15, 0.2) is 12.1 Å². The number of carbonyl (C=O) groups excluding carboxylic acids is 1. The summed E-state index contributed by atoms with van der Waals surface area (Å²) in [5, 5.41) is 3.07. The van der Waals surface area contributed by atoms with Gasteiger partial charge in [0.15, 0.2) is 11.5 Å². The summed E-state index contributed by atoms with van der Waals surface area (Å²) in [5.41, 5.74) is 6.26. The summed E-state index contributed by atoms with van der Waals surface area (Å²) in [6.45, 7) is 0. The van der Waals surface area contributed by atoms with Gasteiger partial charge in [0.1, 0.15) is 0 Å². The first-order valence-corrected chi connectivity index (χ1v) is 7.77. The maximum absolute atomic E-state index is 11.9. The van der Waals surface area contributed by atoms with Crippen molar-refractivity contribution in [1.29, 1.82) is 0 Å². The van der Waals surface area contributed by atoms with Crippen molar-refractivity contribution in [2.45, 2.75) is 12.5 Å². The molecule has 7 heteroatoms. The summed E-state index contributed by atoms with van der Waals surface area (Å²) in [7, 11) is 3.03. The third kappa shape index (κ3) is 4.47. The average Bonchev–Trinajstić information content (AvgIpc) is 2.45. The predicted molar refractivity (Wildman–Crippen MR) is 84.2 cm³/mol. The van der Waals surface area contributed by atoms with Crippen molar-refractivity contribution in [3.63, 3.8) is 0 Å². The third-order valence-corrected chi connectivity index (χ3v) is 3.66. The highest BCUT2D eigenvalue weighted by molar-refractivity contribution is 7.98. The zero-order valence-electron chi connectivity index (χ0n) is 11.7. The first-order chi connectivity index (χ1) is 9.53. The van der Waals surface area contributed by atoms with Gasteiger partial charge in [-0.3, -0.25) is 4.79 Å². The van der Waals surface area contributed by atoms with Crippen molar-refractivity contribution in [3.05, 3.63) is 17.2 Å². The number of halogens is 1. The van der Waals surface area contributed by atoms with Crippen LogP contribution in [0, 0.1) is 0 Å². The third-order valence-electron chi connectivity index (χ3n) is 2.70. The van der Waals surface area contributed by atoms with E-state index in [1.165, 1.54) is 14.2 Å². The second-order valence-electron chi connectivity index (χ2n) is 4.06. The van der Waals surface area contributed by atoms with Gasteiger partial charge >= 0.3 is 0 Å². The van der Waals surface area contributed by atoms with E-state index in [9.17, 15) is 4.79 Å². The van der Waals surface area contributed by atoms with Crippen LogP contribution in [0.25, 0.3) is 0 Å². The fourth-order valence-corrected chi connectivity index (χ4v) is 2.24. The highest BCUT2D eigenvalue weighted by Gasteiger charge is 2.16. The lowest BCUT2D eigenvalue weighted by atomic mass is 10.2. The molecule has 3 N–H and O–H groups in total. The minimum atomic E-state index is -0.563. The SMILES string of the molecule is COc1cc(Cl)c(NC(=O)[C@H](N)CCSC)cc1OC. The molecule has 0 aliphatic carbocycles. The van der Waals surface area contributed by atoms with E-state index in [0.29, 0.717) is 28.6 Å². The molecule has 1 aromatic carbocycles. The molecule has 1 rings (SSSR count). The number of methoxy groups -OCH3 is 2. The molecular weight excluding hydrogens is 300 g/mol. The van der Waals surface area contributed by atoms with Crippen molar-refractivity contribution in [1.82, 2.24) is 0 Å². The molecule has 0 aliphatic heterocycles. The van der Waals surface area contributed by atoms with Gasteiger partial charge in [-0.2, -0.15) is 11.8 Å². The fraction of sp³-hybridized carbons (Fsp3) is 0.462. The van der Waals surface area contributed by atoms with Gasteiger partial charge in [0.25, 0.3) is 0 Å². The summed E-state index contributed by atoms with van der Waals surface area (Å²) >= 11 is 7.74. The summed E-state index contributed by atoms with van der Waals surface area (Å²) in [6.07, 6.45) is 2.58. The first-order valence-electron chi connectivity index (χ1n) is 6.00. The van der Waals surface area contributed by atoms with E-state index in [2.05, 4.69) is 5.32 Å². The second-order valence-corrected chi connectivity index (χ2v) is 5.46. The van der Waals surface area contributed by atoms with Crippen LogP contribution in [0.3, 0.4) is 0 Å². The molecule has 20 heavy (non-hydrogen) atoms. The predicted octanol–water partition coefficient (Wildman–Crippen LogP) is 2.38. The lowest BCUT2D eigenvalue weighted by Crippen LogP contribution is -2.36. The van der Waals surface area contributed by atoms with Gasteiger partial charge in [0.05, 0.1) is 31.0 Å². The Balaban J connectivity index is 2.84. The van der Waals surface area contributed by atoms with E-state index in [0.717, 1.165) is 5.75 Å². The molecule has 0 saturated heterocycles. The monoisotopic (exact) mass is 318 g/mol. The zero-order valence-corrected chi connectivity index (χ0v) is 13.3. The van der Waals surface area contributed by atoms with Crippen LogP contribution in [0.5, 0.6) is 11.5 Å². The van der Waals surface area contributed by atoms with Crippen molar-refractivity contribution < 1.29 is 14.3 Å². The maximum atomic E-state index is 11.9. The number of amides is 1. The van der Waals surface area contributed by atoms with E-state index in [1.54, 1.807) is 23.9 Å². The van der Waals surface area contributed by atoms with Gasteiger partial charge < -0.3 is 20.5 Å². The van der Waals surface area contributed by atoms with Crippen molar-refractivity contribution >= 4 is 35.0 Å². The lowest BCUT2D eigenvalue weighted by molar-refractivity contribution is -0.117. The number of anilines is 1. The Hall–Kier alpha value is -1.11. The summed E-state index contributed by atoms with van der Waals surface area (Å²) < 4.78 is 10.3. The molecule has 0 aromatic heterocycles. The number of carbonyl (C=O) groups is 1. The molecule has 112 valence electrons. The lowest BCUT2D eigenvalue weighted by Gasteiger charge is -2.15. The Labute approximate surface area is 128 Å². The van der Waals surface area contributed by atoms with E-state index < -0.39 is 6.04 Å². The molecule has 0 aliphatic rings. The van der Waals surface area contributed by atoms with Crippen molar-refractivity contribution in [2.75, 3.05) is 31.5 Å². The number of nitrogens with two attached hydrogens (primary N) is 1. The zero-order chi connectivity index (χ0) is 15.1. The smallest absolute Gasteiger partial charge is 0.241 e. The van der Waals surface area contributed by atoms with E-state index in [4.69, 9.17) is 26.8 Å². The average molecular weight is 319 g/mol. The molecule has 1 amide bonds. The van der Waals surface area contributed by atoms with Crippen LogP contribution in [0.1, 0.15) is 6.42 Å². The molecule has 0 unspecified atom stereocenters. The number of rotatable bonds is 7. The van der Waals surface area contributed by atoms with Gasteiger partial charge in [-0.15, -0.1) is 0 Å². The molecule has 1 aromatic rings. The minimum Gasteiger partial charge on any atom is -0.493 e. The van der Waals surface area contributed by atoms with Gasteiger partial charge in [-0.25, -0.2) is 0 Å². The molecule has 0 radical (unpaired) electrons. The van der Waals surface area contributed by atoms with Gasteiger partial charge in [0.2, 0.25) is 5.91 Å². The summed E-state index contributed by atoms with van der Waals surface area (Å²) in [4.78, 5) is 11.9. The number of hydrogen-bond donors (Lipinski definition) is 2. The van der Waals surface area contributed by atoms with Crippen LogP contribution in [0.2, 0.25) is 5.02 Å². The molecule has 0 saturated carbocycles. The first kappa shape index (κ1) is 16.9. The fourth-order valence-electron chi connectivity index (χ4n) is 1.55. The number of nitrogens with one attached hydrogen (secondary N) is 1. The van der Waals surface area contributed by atoms with E-state index in [-0.39, 0.29) is 5.91 Å². The quantitative estimate of drug-likeness (QED) is 0.807. The van der Waals surface area contributed by atoms with E-state index in [1.807, 2.05) is 6.26 Å². The maximum Gasteiger partial charge on any atom is 0.241 e. The number of benzene rings is 1. The van der Waals surface area contributed by atoms with Gasteiger partial charge in [-0.05, 0) is 18.4 Å². The van der Waals surface area contributed by atoms with Crippen LogP contribution in [-0.4, -0.2) is 38.2 Å². The largest absolute Gasteiger partial charge is 0.493 e. The van der Waals surface area contributed by atoms with Crippen LogP contribution in [-0.2, 0) is 4.79 Å². The Bertz CT molecular complexity index is 471. The molecule has 5 nitrogen and oxygen atoms in total.